The lowest BCUT2D eigenvalue weighted by molar-refractivity contribution is -0.132. The number of ether oxygens (including phenoxy) is 2. The van der Waals surface area contributed by atoms with E-state index >= 15 is 0 Å². The van der Waals surface area contributed by atoms with Crippen LogP contribution in [-0.4, -0.2) is 33.0 Å². The average Bonchev–Trinajstić information content (AvgIpc) is 1.60. The highest BCUT2D eigenvalue weighted by molar-refractivity contribution is 7.19. The van der Waals surface area contributed by atoms with E-state index in [1.54, 1.807) is 6.07 Å². The molecule has 9 aromatic rings. The maximum absolute atomic E-state index is 11.6. The van der Waals surface area contributed by atoms with Gasteiger partial charge in [-0.15, -0.1) is 11.3 Å². The van der Waals surface area contributed by atoms with Crippen LogP contribution < -0.4 is 14.4 Å². The van der Waals surface area contributed by atoms with Crippen molar-refractivity contribution in [3.05, 3.63) is 202 Å². The Labute approximate surface area is 512 Å². The topological polar surface area (TPSA) is 109 Å². The second-order valence-electron chi connectivity index (χ2n) is 22.7. The fraction of sp³-hybridized carbons (Fsp3) is 0.333. The summed E-state index contributed by atoms with van der Waals surface area (Å²) in [5, 5.41) is 18.9. The molecule has 1 aliphatic carbocycles. The number of aliphatic carboxylic acids is 1. The zero-order chi connectivity index (χ0) is 59.0. The molecule has 8 nitrogen and oxygen atoms in total. The summed E-state index contributed by atoms with van der Waals surface area (Å²) in [5.41, 5.74) is 16.2. The maximum Gasteiger partial charge on any atom is 0.346 e. The largest absolute Gasteiger partial charge is 0.494 e. The zero-order valence-electron chi connectivity index (χ0n) is 50.0. The number of aryl methyl sites for hydroxylation is 2. The Morgan fingerprint density at radius 2 is 1.02 bits per heavy atom. The van der Waals surface area contributed by atoms with Gasteiger partial charge in [0.1, 0.15) is 34.2 Å². The number of fused-ring (bicyclic) bond motifs is 4. The van der Waals surface area contributed by atoms with E-state index in [4.69, 9.17) is 18.2 Å². The molecule has 85 heavy (non-hydrogen) atoms. The second kappa shape index (κ2) is 29.3. The van der Waals surface area contributed by atoms with Gasteiger partial charge in [0.15, 0.2) is 0 Å². The van der Waals surface area contributed by atoms with Crippen LogP contribution in [0.5, 0.6) is 11.5 Å². The van der Waals surface area contributed by atoms with Gasteiger partial charge in [-0.25, -0.2) is 4.79 Å². The van der Waals surface area contributed by atoms with Crippen LogP contribution >= 0.6 is 23.1 Å². The minimum Gasteiger partial charge on any atom is -0.494 e. The normalized spacial score (nSPS) is 12.5. The van der Waals surface area contributed by atoms with E-state index in [9.17, 15) is 15.2 Å². The maximum atomic E-state index is 11.6. The molecule has 0 radical (unpaired) electrons. The van der Waals surface area contributed by atoms with Gasteiger partial charge in [-0.3, -0.25) is 0 Å². The summed E-state index contributed by atoms with van der Waals surface area (Å²) in [4.78, 5) is 16.4. The molecule has 10 heteroatoms. The van der Waals surface area contributed by atoms with Gasteiger partial charge in [0.05, 0.1) is 30.4 Å². The number of rotatable bonds is 31. The number of nitriles is 1. The SMILES string of the molecule is CCCCCCOc1ccc(N(c2ccc(OCCCCCC)cc2)c2ccc3c(c2)C(c2ccc(CCCCCC)cc2)(c2ccc(CCCCCC)cc2)c2cc(-c4ccc(-c5ccc(C=C(C#N)C(=O)O)cc5)c5nsnc45)sc2-3)cc1. The molecule has 0 aliphatic heterocycles. The van der Waals surface area contributed by atoms with Crippen LogP contribution in [0.4, 0.5) is 17.1 Å². The van der Waals surface area contributed by atoms with Gasteiger partial charge in [0, 0.05) is 37.9 Å². The first-order valence-electron chi connectivity index (χ1n) is 31.2. The molecule has 0 fully saturated rings. The lowest BCUT2D eigenvalue weighted by Crippen LogP contribution is -2.28. The highest BCUT2D eigenvalue weighted by atomic mass is 32.1. The molecule has 0 unspecified atom stereocenters. The highest BCUT2D eigenvalue weighted by Crippen LogP contribution is 2.61. The van der Waals surface area contributed by atoms with Crippen molar-refractivity contribution in [3.63, 3.8) is 0 Å². The van der Waals surface area contributed by atoms with Gasteiger partial charge in [-0.2, -0.15) is 14.0 Å². The van der Waals surface area contributed by atoms with E-state index in [2.05, 4.69) is 166 Å². The number of aromatic nitrogens is 2. The summed E-state index contributed by atoms with van der Waals surface area (Å²) in [6, 6.07) is 59.7. The summed E-state index contributed by atoms with van der Waals surface area (Å²) in [7, 11) is 0. The minimum absolute atomic E-state index is 0.315. The number of hydrogen-bond acceptors (Lipinski definition) is 9. The number of hydrogen-bond donors (Lipinski definition) is 1. The van der Waals surface area contributed by atoms with Crippen LogP contribution in [-0.2, 0) is 23.1 Å². The Morgan fingerprint density at radius 1 is 0.541 bits per heavy atom. The Morgan fingerprint density at radius 3 is 1.53 bits per heavy atom. The fourth-order valence-electron chi connectivity index (χ4n) is 12.1. The van der Waals surface area contributed by atoms with Gasteiger partial charge in [0.25, 0.3) is 0 Å². The molecule has 10 rings (SSSR count). The third-order valence-electron chi connectivity index (χ3n) is 16.7. The van der Waals surface area contributed by atoms with Crippen LogP contribution in [0.3, 0.4) is 0 Å². The number of nitrogens with zero attached hydrogens (tertiary/aromatic N) is 4. The Balaban J connectivity index is 1.12. The van der Waals surface area contributed by atoms with Crippen molar-refractivity contribution in [1.82, 2.24) is 8.75 Å². The first kappa shape index (κ1) is 60.3. The third-order valence-corrected chi connectivity index (χ3v) is 18.5. The van der Waals surface area contributed by atoms with Gasteiger partial charge in [0.2, 0.25) is 0 Å². The van der Waals surface area contributed by atoms with Crippen molar-refractivity contribution in [2.75, 3.05) is 18.1 Å². The average molecular weight is 1170 g/mol. The van der Waals surface area contributed by atoms with Gasteiger partial charge in [-0.05, 0) is 161 Å². The molecule has 436 valence electrons. The zero-order valence-corrected chi connectivity index (χ0v) is 51.6. The van der Waals surface area contributed by atoms with Crippen LogP contribution in [0.1, 0.15) is 169 Å². The van der Waals surface area contributed by atoms with Crippen LogP contribution in [0.2, 0.25) is 0 Å². The van der Waals surface area contributed by atoms with Crippen molar-refractivity contribution in [2.45, 2.75) is 149 Å². The lowest BCUT2D eigenvalue weighted by atomic mass is 9.67. The molecule has 0 saturated heterocycles. The Bertz CT molecular complexity index is 3590. The van der Waals surface area contributed by atoms with Crippen molar-refractivity contribution < 1.29 is 19.4 Å². The van der Waals surface area contributed by atoms with Gasteiger partial charge >= 0.3 is 5.97 Å². The second-order valence-corrected chi connectivity index (χ2v) is 24.3. The van der Waals surface area contributed by atoms with E-state index in [0.717, 1.165) is 86.8 Å². The van der Waals surface area contributed by atoms with Crippen LogP contribution in [0.15, 0.2) is 163 Å². The number of benzene rings is 7. The predicted molar refractivity (Wildman–Crippen MR) is 354 cm³/mol. The number of carbonyl (C=O) groups is 1. The minimum atomic E-state index is -1.25. The smallest absolute Gasteiger partial charge is 0.346 e. The van der Waals surface area contributed by atoms with E-state index < -0.39 is 11.4 Å². The predicted octanol–water partition coefficient (Wildman–Crippen LogP) is 21.1. The van der Waals surface area contributed by atoms with E-state index in [1.807, 2.05) is 35.6 Å². The first-order valence-corrected chi connectivity index (χ1v) is 32.8. The Kier molecular flexibility index (Phi) is 20.8. The third kappa shape index (κ3) is 13.8. The molecule has 0 saturated carbocycles. The summed E-state index contributed by atoms with van der Waals surface area (Å²) in [6.45, 7) is 10.4. The van der Waals surface area contributed by atoms with Crippen molar-refractivity contribution in [2.24, 2.45) is 0 Å². The summed E-state index contributed by atoms with van der Waals surface area (Å²) < 4.78 is 22.5. The molecule has 0 spiro atoms. The molecule has 0 amide bonds. The molecule has 7 aromatic carbocycles. The number of anilines is 3. The lowest BCUT2D eigenvalue weighted by Gasteiger charge is -2.35. The molecule has 2 heterocycles. The first-order chi connectivity index (χ1) is 41.8. The van der Waals surface area contributed by atoms with Crippen molar-refractivity contribution >= 4 is 63.2 Å². The van der Waals surface area contributed by atoms with Crippen molar-refractivity contribution in [1.29, 1.82) is 5.26 Å². The molecule has 1 aliphatic rings. The number of carboxylic acids is 1. The molecular weight excluding hydrogens is 1080 g/mol. The molecule has 1 N–H and O–H groups in total. The fourth-order valence-corrected chi connectivity index (χ4v) is 14.0. The summed E-state index contributed by atoms with van der Waals surface area (Å²) >= 11 is 3.03. The van der Waals surface area contributed by atoms with Gasteiger partial charge in [-0.1, -0.05) is 196 Å². The Hall–Kier alpha value is -7.84. The van der Waals surface area contributed by atoms with E-state index in [-0.39, 0.29) is 5.57 Å². The summed E-state index contributed by atoms with van der Waals surface area (Å²) in [6.07, 6.45) is 22.5. The van der Waals surface area contributed by atoms with E-state index in [1.165, 1.54) is 152 Å². The van der Waals surface area contributed by atoms with Crippen molar-refractivity contribution in [3.8, 4) is 49.6 Å². The van der Waals surface area contributed by atoms with Crippen LogP contribution in [0.25, 0.3) is 49.1 Å². The molecule has 2 aromatic heterocycles. The van der Waals surface area contributed by atoms with E-state index in [0.29, 0.717) is 18.8 Å². The molecular formula is C75H80N4O4S2. The quantitative estimate of drug-likeness (QED) is 0.0260. The number of unbranched alkanes of at least 4 members (excludes halogenated alkanes) is 12. The highest BCUT2D eigenvalue weighted by Gasteiger charge is 2.48. The van der Waals surface area contributed by atoms with Crippen LogP contribution in [0, 0.1) is 11.3 Å². The molecule has 0 bridgehead atoms. The van der Waals surface area contributed by atoms with Gasteiger partial charge < -0.3 is 19.5 Å². The molecule has 0 atom stereocenters. The monoisotopic (exact) mass is 1160 g/mol. The summed E-state index contributed by atoms with van der Waals surface area (Å²) in [5.74, 6) is 0.499. The number of thiophene rings is 1. The standard InChI is InChI=1S/C75H80N4O4S2/c1-5-9-13-17-21-53-25-31-58(32-26-53)75(59-33-27-54(28-34-59)22-18-14-10-6-2)68-50-62(79(60-35-40-63(41-36-60)82-47-19-15-11-7-3)61-37-42-64(43-38-61)83-48-20-16-12-8-4)39-44-66(68)73-69(75)51-70(84-73)67-46-45-65(71-72(67)78-85-77-71)56-29-23-55(24-30-56)49-57(52-76)74(80)81/h23-46,49-51H,5-22,47-48H2,1-4H3,(H,80,81). The number of carboxylic acid groups (broad SMARTS) is 1.